The number of anilines is 1. The van der Waals surface area contributed by atoms with Crippen LogP contribution in [-0.2, 0) is 49.9 Å². The van der Waals surface area contributed by atoms with Crippen LogP contribution >= 0.6 is 11.8 Å². The van der Waals surface area contributed by atoms with Crippen LogP contribution in [0.3, 0.4) is 0 Å². The first kappa shape index (κ1) is 35.0. The van der Waals surface area contributed by atoms with Crippen LogP contribution < -0.4 is 15.6 Å². The van der Waals surface area contributed by atoms with Gasteiger partial charge in [-0.1, -0.05) is 11.8 Å². The van der Waals surface area contributed by atoms with E-state index in [-0.39, 0.29) is 12.3 Å². The molecule has 0 radical (unpaired) electrons. The maximum absolute atomic E-state index is 13.1. The zero-order chi connectivity index (χ0) is 34.4. The molecule has 0 aliphatic carbocycles. The number of hydrogen-bond acceptors (Lipinski definition) is 13. The Hall–Kier alpha value is -4.89. The third kappa shape index (κ3) is 8.68. The summed E-state index contributed by atoms with van der Waals surface area (Å²) in [6.07, 6.45) is -4.94. The van der Waals surface area contributed by atoms with Crippen molar-refractivity contribution in [1.82, 2.24) is 4.57 Å². The summed E-state index contributed by atoms with van der Waals surface area (Å²) in [6, 6.07) is 13.1. The second kappa shape index (κ2) is 15.1. The minimum absolute atomic E-state index is 0.0373. The highest BCUT2D eigenvalue weighted by molar-refractivity contribution is 7.99. The Morgan fingerprint density at radius 1 is 0.830 bits per heavy atom. The maximum Gasteiger partial charge on any atom is 0.303 e. The van der Waals surface area contributed by atoms with Gasteiger partial charge in [-0.05, 0) is 48.5 Å². The zero-order valence-electron chi connectivity index (χ0n) is 26.5. The quantitative estimate of drug-likeness (QED) is 0.246. The van der Waals surface area contributed by atoms with Crippen molar-refractivity contribution in [2.45, 2.75) is 62.4 Å². The molecule has 1 saturated heterocycles. The fourth-order valence-electron chi connectivity index (χ4n) is 4.98. The Bertz CT molecular complexity index is 1740. The predicted octanol–water partition coefficient (Wildman–Crippen LogP) is 2.97. The lowest BCUT2D eigenvalue weighted by Crippen LogP contribution is -2.61. The van der Waals surface area contributed by atoms with E-state index < -0.39 is 65.2 Å². The van der Waals surface area contributed by atoms with Crippen molar-refractivity contribution in [2.75, 3.05) is 19.0 Å². The Labute approximate surface area is 273 Å². The molecule has 1 amide bonds. The van der Waals surface area contributed by atoms with Crippen molar-refractivity contribution in [3.8, 4) is 5.75 Å². The summed E-state index contributed by atoms with van der Waals surface area (Å²) in [5.74, 6) is -2.73. The number of esters is 4. The van der Waals surface area contributed by atoms with Gasteiger partial charge in [-0.15, -0.1) is 0 Å². The average molecular weight is 671 g/mol. The highest BCUT2D eigenvalue weighted by atomic mass is 32.2. The summed E-state index contributed by atoms with van der Waals surface area (Å²) < 4.78 is 34.4. The number of ether oxygens (including phenoxy) is 6. The molecule has 2 heterocycles. The first-order valence-corrected chi connectivity index (χ1v) is 15.2. The van der Waals surface area contributed by atoms with Crippen LogP contribution in [-0.4, -0.2) is 77.9 Å². The van der Waals surface area contributed by atoms with Gasteiger partial charge in [-0.2, -0.15) is 0 Å². The molecule has 1 fully saturated rings. The number of thioether (sulfide) groups is 1. The molecule has 0 unspecified atom stereocenters. The molecule has 1 aliphatic heterocycles. The van der Waals surface area contributed by atoms with E-state index in [9.17, 15) is 28.8 Å². The number of fused-ring (bicyclic) bond motifs is 1. The molecule has 3 aromatic rings. The van der Waals surface area contributed by atoms with Crippen molar-refractivity contribution in [3.05, 3.63) is 64.4 Å². The Kier molecular flexibility index (Phi) is 11.3. The molecule has 1 N–H and O–H groups in total. The van der Waals surface area contributed by atoms with Crippen LogP contribution in [0.1, 0.15) is 38.1 Å². The molecule has 0 saturated carbocycles. The highest BCUT2D eigenvalue weighted by Crippen LogP contribution is 2.38. The van der Waals surface area contributed by atoms with Gasteiger partial charge >= 0.3 is 23.9 Å². The lowest BCUT2D eigenvalue weighted by atomic mass is 9.99. The topological polar surface area (TPSA) is 175 Å². The molecule has 1 aliphatic rings. The Morgan fingerprint density at radius 3 is 2.04 bits per heavy atom. The smallest absolute Gasteiger partial charge is 0.303 e. The van der Waals surface area contributed by atoms with Crippen molar-refractivity contribution in [2.24, 2.45) is 7.05 Å². The largest absolute Gasteiger partial charge is 0.497 e. The first-order valence-electron chi connectivity index (χ1n) is 14.3. The van der Waals surface area contributed by atoms with E-state index in [1.165, 1.54) is 24.7 Å². The maximum atomic E-state index is 13.1. The molecular weight excluding hydrogens is 636 g/mol. The van der Waals surface area contributed by atoms with Gasteiger partial charge < -0.3 is 38.3 Å². The average Bonchev–Trinajstić information content (AvgIpc) is 3.01. The number of nitrogens with zero attached hydrogens (tertiary/aromatic N) is 1. The number of aryl methyl sites for hydroxylation is 1. The molecule has 0 bridgehead atoms. The highest BCUT2D eigenvalue weighted by Gasteiger charge is 2.52. The van der Waals surface area contributed by atoms with E-state index >= 15 is 0 Å². The molecule has 1 aromatic heterocycles. The van der Waals surface area contributed by atoms with Gasteiger partial charge in [-0.25, -0.2) is 0 Å². The molecular formula is C32H34N2O12S. The van der Waals surface area contributed by atoms with E-state index in [4.69, 9.17) is 28.4 Å². The van der Waals surface area contributed by atoms with Gasteiger partial charge in [0.1, 0.15) is 29.6 Å². The fourth-order valence-corrected chi connectivity index (χ4v) is 6.13. The van der Waals surface area contributed by atoms with Gasteiger partial charge in [0.2, 0.25) is 0 Å². The Balaban J connectivity index is 1.70. The van der Waals surface area contributed by atoms with Gasteiger partial charge in [0.25, 0.3) is 11.5 Å². The molecule has 14 nitrogen and oxygen atoms in total. The number of carbonyl (C=O) groups is 5. The van der Waals surface area contributed by atoms with Crippen molar-refractivity contribution < 1.29 is 52.4 Å². The number of hydrogen-bond donors (Lipinski definition) is 1. The second-order valence-electron chi connectivity index (χ2n) is 10.5. The van der Waals surface area contributed by atoms with Gasteiger partial charge in [-0.3, -0.25) is 28.8 Å². The number of amides is 1. The number of nitrogens with one attached hydrogen (secondary N) is 1. The molecule has 250 valence electrons. The lowest BCUT2D eigenvalue weighted by Gasteiger charge is -2.44. The van der Waals surface area contributed by atoms with E-state index in [1.54, 1.807) is 49.5 Å². The van der Waals surface area contributed by atoms with E-state index in [1.807, 2.05) is 0 Å². The normalized spacial score (nSPS) is 20.5. The number of benzene rings is 2. The van der Waals surface area contributed by atoms with Crippen molar-refractivity contribution in [3.63, 3.8) is 0 Å². The van der Waals surface area contributed by atoms with E-state index in [0.717, 1.165) is 32.5 Å². The van der Waals surface area contributed by atoms with Crippen LogP contribution in [0, 0.1) is 0 Å². The molecule has 4 rings (SSSR count). The predicted molar refractivity (Wildman–Crippen MR) is 168 cm³/mol. The van der Waals surface area contributed by atoms with Crippen LogP contribution in [0.4, 0.5) is 5.69 Å². The summed E-state index contributed by atoms with van der Waals surface area (Å²) in [5, 5.41) is 3.24. The van der Waals surface area contributed by atoms with Crippen LogP contribution in [0.15, 0.2) is 58.2 Å². The van der Waals surface area contributed by atoms with Crippen molar-refractivity contribution in [1.29, 1.82) is 0 Å². The van der Waals surface area contributed by atoms with Gasteiger partial charge in [0, 0.05) is 50.6 Å². The lowest BCUT2D eigenvalue weighted by molar-refractivity contribution is -0.237. The minimum Gasteiger partial charge on any atom is -0.497 e. The second-order valence-corrected chi connectivity index (χ2v) is 11.7. The monoisotopic (exact) mass is 670 g/mol. The summed E-state index contributed by atoms with van der Waals surface area (Å²) >= 11 is 1.09. The summed E-state index contributed by atoms with van der Waals surface area (Å²) in [4.78, 5) is 74.6. The van der Waals surface area contributed by atoms with E-state index in [2.05, 4.69) is 5.32 Å². The summed E-state index contributed by atoms with van der Waals surface area (Å²) in [7, 11) is 3.08. The molecule has 0 spiro atoms. The number of pyridine rings is 1. The van der Waals surface area contributed by atoms with Crippen molar-refractivity contribution >= 4 is 58.1 Å². The minimum atomic E-state index is -1.31. The fraction of sp³-hybridized carbons (Fsp3) is 0.375. The molecule has 2 aromatic carbocycles. The van der Waals surface area contributed by atoms with Crippen LogP contribution in [0.2, 0.25) is 0 Å². The number of rotatable bonds is 10. The number of aromatic nitrogens is 1. The Morgan fingerprint density at radius 2 is 1.45 bits per heavy atom. The van der Waals surface area contributed by atoms with Crippen LogP contribution in [0.25, 0.3) is 10.9 Å². The number of carbonyl (C=O) groups excluding carboxylic acids is 5. The van der Waals surface area contributed by atoms with E-state index in [0.29, 0.717) is 27.1 Å². The standard InChI is InChI=1S/C32H34N2O12S/c1-16(35)42-15-26-27(43-17(2)36)28(44-18(3)37)29(45-19(4)38)32(46-26)47-23-11-12-25-21(13-23)14-24(31(40)34(25)5)33-30(39)20-7-9-22(41-6)10-8-20/h7-14,26-29,32H,15H2,1-6H3,(H,33,39)/t26-,27-,28+,29-,32+/m1/s1. The van der Waals surface area contributed by atoms with Gasteiger partial charge in [0.05, 0.1) is 12.6 Å². The number of methoxy groups -OCH3 is 1. The van der Waals surface area contributed by atoms with Crippen LogP contribution in [0.5, 0.6) is 5.75 Å². The molecule has 5 atom stereocenters. The SMILES string of the molecule is COc1ccc(C(=O)Nc2cc3cc(S[C@@H]4O[C@H](COC(C)=O)[C@@H](OC(C)=O)[C@H](OC(C)=O)[C@H]4OC(C)=O)ccc3n(C)c2=O)cc1. The zero-order valence-corrected chi connectivity index (χ0v) is 27.3. The molecule has 47 heavy (non-hydrogen) atoms. The summed E-state index contributed by atoms with van der Waals surface area (Å²) in [5.41, 5.74) is -0.561. The third-order valence-electron chi connectivity index (χ3n) is 7.00. The first-order chi connectivity index (χ1) is 22.3. The third-order valence-corrected chi connectivity index (χ3v) is 8.13. The van der Waals surface area contributed by atoms with Gasteiger partial charge in [0.15, 0.2) is 18.3 Å². The summed E-state index contributed by atoms with van der Waals surface area (Å²) in [6.45, 7) is 4.29. The molecule has 15 heteroatoms.